The molecule has 0 radical (unpaired) electrons. The third kappa shape index (κ3) is 3.12. The molecular weight excluding hydrogens is 276 g/mol. The van der Waals surface area contributed by atoms with Crippen LogP contribution in [-0.2, 0) is 19.9 Å². The van der Waals surface area contributed by atoms with Gasteiger partial charge in [-0.25, -0.2) is 4.98 Å². The van der Waals surface area contributed by atoms with E-state index in [1.807, 2.05) is 11.6 Å². The van der Waals surface area contributed by atoms with Gasteiger partial charge in [0, 0.05) is 13.5 Å². The van der Waals surface area contributed by atoms with Crippen LogP contribution in [0.4, 0.5) is 0 Å². The maximum atomic E-state index is 5.19. The van der Waals surface area contributed by atoms with Crippen molar-refractivity contribution in [2.45, 2.75) is 40.0 Å². The van der Waals surface area contributed by atoms with Gasteiger partial charge in [0.1, 0.15) is 0 Å². The van der Waals surface area contributed by atoms with Crippen LogP contribution in [0.3, 0.4) is 0 Å². The summed E-state index contributed by atoms with van der Waals surface area (Å²) in [6.07, 6.45) is 3.10. The minimum atomic E-state index is 0.621. The number of aryl methyl sites for hydroxylation is 1. The molecule has 0 fully saturated rings. The Kier molecular flexibility index (Phi) is 4.52. The monoisotopic (exact) mass is 296 g/mol. The Morgan fingerprint density at radius 3 is 2.68 bits per heavy atom. The Morgan fingerprint density at radius 1 is 1.42 bits per heavy atom. The Labute approximate surface area is 122 Å². The van der Waals surface area contributed by atoms with Gasteiger partial charge in [-0.2, -0.15) is 5.10 Å². The number of nitrogens with zero attached hydrogens (tertiary/aromatic N) is 3. The first-order valence-corrected chi connectivity index (χ1v) is 7.85. The minimum absolute atomic E-state index is 0.621. The molecule has 2 aromatic heterocycles. The predicted molar refractivity (Wildman–Crippen MR) is 82.0 cm³/mol. The summed E-state index contributed by atoms with van der Waals surface area (Å²) in [5.41, 5.74) is 1.15. The van der Waals surface area contributed by atoms with Gasteiger partial charge in [-0.15, -0.1) is 11.3 Å². The molecule has 0 unspecified atom stereocenters. The second-order valence-electron chi connectivity index (χ2n) is 5.14. The third-order valence-electron chi connectivity index (χ3n) is 2.89. The molecular formula is C13H20N4S2. The van der Waals surface area contributed by atoms with Gasteiger partial charge >= 0.3 is 0 Å². The highest BCUT2D eigenvalue weighted by Crippen LogP contribution is 2.30. The van der Waals surface area contributed by atoms with Gasteiger partial charge in [-0.3, -0.25) is 5.10 Å². The van der Waals surface area contributed by atoms with Crippen LogP contribution in [0.25, 0.3) is 10.7 Å². The number of aromatic nitrogens is 4. The molecule has 0 aromatic carbocycles. The van der Waals surface area contributed by atoms with Crippen LogP contribution < -0.4 is 0 Å². The maximum absolute atomic E-state index is 5.19. The van der Waals surface area contributed by atoms with Gasteiger partial charge in [-0.05, 0) is 24.6 Å². The Bertz CT molecular complexity index is 606. The van der Waals surface area contributed by atoms with Crippen LogP contribution in [0.15, 0.2) is 0 Å². The van der Waals surface area contributed by atoms with Gasteiger partial charge in [-0.1, -0.05) is 27.2 Å². The zero-order chi connectivity index (χ0) is 14.0. The summed E-state index contributed by atoms with van der Waals surface area (Å²) in [5, 5.41) is 8.38. The molecule has 0 aliphatic carbocycles. The first-order valence-electron chi connectivity index (χ1n) is 6.63. The van der Waals surface area contributed by atoms with Gasteiger partial charge in [0.25, 0.3) is 0 Å². The highest BCUT2D eigenvalue weighted by molar-refractivity contribution is 7.71. The van der Waals surface area contributed by atoms with Crippen molar-refractivity contribution in [3.63, 3.8) is 0 Å². The fourth-order valence-corrected chi connectivity index (χ4v) is 3.45. The van der Waals surface area contributed by atoms with E-state index in [0.717, 1.165) is 35.7 Å². The number of hydrogen-bond acceptors (Lipinski definition) is 4. The molecule has 0 amide bonds. The molecule has 0 saturated carbocycles. The molecule has 0 saturated heterocycles. The smallest absolute Gasteiger partial charge is 0.195 e. The molecule has 0 spiro atoms. The lowest BCUT2D eigenvalue weighted by Crippen LogP contribution is -1.95. The molecule has 19 heavy (non-hydrogen) atoms. The first-order chi connectivity index (χ1) is 9.02. The van der Waals surface area contributed by atoms with Crippen molar-refractivity contribution in [3.8, 4) is 10.7 Å². The summed E-state index contributed by atoms with van der Waals surface area (Å²) >= 11 is 6.94. The zero-order valence-corrected chi connectivity index (χ0v) is 13.5. The number of thiazole rings is 1. The largest absolute Gasteiger partial charge is 0.303 e. The van der Waals surface area contributed by atoms with Crippen LogP contribution in [0, 0.1) is 10.7 Å². The van der Waals surface area contributed by atoms with Crippen molar-refractivity contribution in [1.29, 1.82) is 0 Å². The lowest BCUT2D eigenvalue weighted by Gasteiger charge is -1.99. The Balaban J connectivity index is 2.45. The average Bonchev–Trinajstić information content (AvgIpc) is 2.85. The molecule has 104 valence electrons. The molecule has 0 aliphatic rings. The lowest BCUT2D eigenvalue weighted by atomic mass is 10.1. The standard InChI is InChI=1S/C13H20N4S2/c1-5-6-9-11(12-15-16-13(18)17(12)4)19-10(14-9)7-8(2)3/h8H,5-7H2,1-4H3,(H,16,18). The van der Waals surface area contributed by atoms with Gasteiger partial charge in [0.15, 0.2) is 10.6 Å². The predicted octanol–water partition coefficient (Wildman–Crippen LogP) is 3.75. The Hall–Kier alpha value is -1.01. The fraction of sp³-hybridized carbons (Fsp3) is 0.615. The van der Waals surface area contributed by atoms with E-state index in [2.05, 4.69) is 31.0 Å². The van der Waals surface area contributed by atoms with E-state index in [1.54, 1.807) is 11.3 Å². The average molecular weight is 296 g/mol. The van der Waals surface area contributed by atoms with Crippen LogP contribution in [0.5, 0.6) is 0 Å². The van der Waals surface area contributed by atoms with Crippen LogP contribution in [-0.4, -0.2) is 19.7 Å². The van der Waals surface area contributed by atoms with Crippen molar-refractivity contribution < 1.29 is 0 Å². The van der Waals surface area contributed by atoms with E-state index in [9.17, 15) is 0 Å². The van der Waals surface area contributed by atoms with Crippen molar-refractivity contribution >= 4 is 23.6 Å². The molecule has 4 nitrogen and oxygen atoms in total. The fourth-order valence-electron chi connectivity index (χ4n) is 1.97. The van der Waals surface area contributed by atoms with E-state index in [-0.39, 0.29) is 0 Å². The van der Waals surface area contributed by atoms with Crippen LogP contribution >= 0.6 is 23.6 Å². The molecule has 2 rings (SSSR count). The summed E-state index contributed by atoms with van der Waals surface area (Å²) < 4.78 is 2.57. The molecule has 0 atom stereocenters. The number of rotatable bonds is 5. The highest BCUT2D eigenvalue weighted by atomic mass is 32.1. The zero-order valence-electron chi connectivity index (χ0n) is 11.9. The van der Waals surface area contributed by atoms with Crippen LogP contribution in [0.2, 0.25) is 0 Å². The summed E-state index contributed by atoms with van der Waals surface area (Å²) in [7, 11) is 1.94. The highest BCUT2D eigenvalue weighted by Gasteiger charge is 2.17. The maximum Gasteiger partial charge on any atom is 0.195 e. The minimum Gasteiger partial charge on any atom is -0.303 e. The second-order valence-corrected chi connectivity index (χ2v) is 6.61. The van der Waals surface area contributed by atoms with E-state index in [1.165, 1.54) is 5.01 Å². The topological polar surface area (TPSA) is 46.5 Å². The van der Waals surface area contributed by atoms with Gasteiger partial charge in [0.2, 0.25) is 0 Å². The normalized spacial score (nSPS) is 11.4. The first kappa shape index (κ1) is 14.4. The van der Waals surface area contributed by atoms with E-state index in [4.69, 9.17) is 17.2 Å². The molecule has 6 heteroatoms. The number of nitrogens with one attached hydrogen (secondary N) is 1. The van der Waals surface area contributed by atoms with Crippen LogP contribution in [0.1, 0.15) is 37.9 Å². The van der Waals surface area contributed by atoms with E-state index >= 15 is 0 Å². The second kappa shape index (κ2) is 5.96. The molecule has 2 aromatic rings. The summed E-state index contributed by atoms with van der Waals surface area (Å²) in [4.78, 5) is 5.94. The van der Waals surface area contributed by atoms with Crippen molar-refractivity contribution in [2.24, 2.45) is 13.0 Å². The molecule has 2 heterocycles. The number of hydrogen-bond donors (Lipinski definition) is 1. The number of aromatic amines is 1. The number of H-pyrrole nitrogens is 1. The summed E-state index contributed by atoms with van der Waals surface area (Å²) in [6, 6.07) is 0. The quantitative estimate of drug-likeness (QED) is 0.855. The van der Waals surface area contributed by atoms with Crippen molar-refractivity contribution in [1.82, 2.24) is 19.7 Å². The SMILES string of the molecule is CCCc1nc(CC(C)C)sc1-c1n[nH]c(=S)n1C. The molecule has 0 aliphatic heterocycles. The van der Waals surface area contributed by atoms with Crippen molar-refractivity contribution in [2.75, 3.05) is 0 Å². The molecule has 1 N–H and O–H groups in total. The third-order valence-corrected chi connectivity index (χ3v) is 4.38. The molecule has 0 bridgehead atoms. The van der Waals surface area contributed by atoms with Gasteiger partial charge < -0.3 is 4.57 Å². The van der Waals surface area contributed by atoms with Crippen molar-refractivity contribution in [3.05, 3.63) is 15.5 Å². The van der Waals surface area contributed by atoms with E-state index in [0.29, 0.717) is 10.7 Å². The van der Waals surface area contributed by atoms with E-state index < -0.39 is 0 Å². The Morgan fingerprint density at radius 2 is 2.16 bits per heavy atom. The van der Waals surface area contributed by atoms with Gasteiger partial charge in [0.05, 0.1) is 15.6 Å². The summed E-state index contributed by atoms with van der Waals surface area (Å²) in [5.74, 6) is 1.52. The summed E-state index contributed by atoms with van der Waals surface area (Å²) in [6.45, 7) is 6.61. The lowest BCUT2D eigenvalue weighted by molar-refractivity contribution is 0.642.